The van der Waals surface area contributed by atoms with Gasteiger partial charge in [-0.1, -0.05) is 36.4 Å². The molecule has 1 unspecified atom stereocenters. The molecule has 0 aliphatic rings. The summed E-state index contributed by atoms with van der Waals surface area (Å²) in [5, 5.41) is 20.7. The lowest BCUT2D eigenvalue weighted by atomic mass is 10.0. The third-order valence-corrected chi connectivity index (χ3v) is 3.31. The highest BCUT2D eigenvalue weighted by Crippen LogP contribution is 2.31. The normalized spacial score (nSPS) is 13.0. The summed E-state index contributed by atoms with van der Waals surface area (Å²) in [7, 11) is 0. The maximum atomic E-state index is 9.59. The number of aliphatic hydroxyl groups excluding tert-OH is 2. The van der Waals surface area contributed by atoms with Crippen LogP contribution in [0.4, 0.5) is 0 Å². The molecule has 0 fully saturated rings. The summed E-state index contributed by atoms with van der Waals surface area (Å²) in [6.07, 6.45) is -0.830. The first kappa shape index (κ1) is 10.6. The standard InChI is InChI=1S/C12H11BrO2/c13-12-9-4-2-1-3-8(9)5-6-10(12)11(15)7-14/h1-6,11,14-15H,7H2. The number of rotatable bonds is 2. The Morgan fingerprint density at radius 1 is 1.13 bits per heavy atom. The van der Waals surface area contributed by atoms with Crippen molar-refractivity contribution in [2.24, 2.45) is 0 Å². The lowest BCUT2D eigenvalue weighted by Crippen LogP contribution is -2.03. The molecule has 78 valence electrons. The monoisotopic (exact) mass is 266 g/mol. The van der Waals surface area contributed by atoms with Gasteiger partial charge in [-0.05, 0) is 32.3 Å². The molecule has 2 N–H and O–H groups in total. The van der Waals surface area contributed by atoms with Crippen LogP contribution in [0.15, 0.2) is 40.9 Å². The van der Waals surface area contributed by atoms with E-state index in [0.29, 0.717) is 0 Å². The maximum Gasteiger partial charge on any atom is 0.103 e. The van der Waals surface area contributed by atoms with Crippen LogP contribution in [-0.2, 0) is 0 Å². The van der Waals surface area contributed by atoms with Crippen LogP contribution in [0.5, 0.6) is 0 Å². The Kier molecular flexibility index (Phi) is 3.05. The van der Waals surface area contributed by atoms with Gasteiger partial charge in [-0.25, -0.2) is 0 Å². The van der Waals surface area contributed by atoms with Crippen LogP contribution in [0.25, 0.3) is 10.8 Å². The van der Waals surface area contributed by atoms with E-state index in [1.54, 1.807) is 0 Å². The van der Waals surface area contributed by atoms with E-state index in [9.17, 15) is 5.11 Å². The fourth-order valence-electron chi connectivity index (χ4n) is 1.61. The summed E-state index contributed by atoms with van der Waals surface area (Å²) in [6.45, 7) is -0.267. The Hall–Kier alpha value is -0.900. The average Bonchev–Trinajstić information content (AvgIpc) is 2.29. The SMILES string of the molecule is OCC(O)c1ccc2ccccc2c1Br. The lowest BCUT2D eigenvalue weighted by molar-refractivity contribution is 0.0952. The van der Waals surface area contributed by atoms with Crippen LogP contribution in [0.2, 0.25) is 0 Å². The second kappa shape index (κ2) is 4.31. The minimum Gasteiger partial charge on any atom is -0.393 e. The van der Waals surface area contributed by atoms with Crippen molar-refractivity contribution in [1.82, 2.24) is 0 Å². The first-order chi connectivity index (χ1) is 7.24. The Bertz CT molecular complexity index is 482. The fourth-order valence-corrected chi connectivity index (χ4v) is 2.36. The van der Waals surface area contributed by atoms with Crippen molar-refractivity contribution in [2.45, 2.75) is 6.10 Å². The molecule has 0 aromatic heterocycles. The quantitative estimate of drug-likeness (QED) is 0.878. The summed E-state index contributed by atoms with van der Waals surface area (Å²) in [5.41, 5.74) is 0.719. The Balaban J connectivity index is 2.65. The highest BCUT2D eigenvalue weighted by atomic mass is 79.9. The molecular weight excluding hydrogens is 256 g/mol. The number of hydrogen-bond donors (Lipinski definition) is 2. The largest absolute Gasteiger partial charge is 0.393 e. The number of fused-ring (bicyclic) bond motifs is 1. The van der Waals surface area contributed by atoms with E-state index in [1.165, 1.54) is 0 Å². The minimum atomic E-state index is -0.830. The highest BCUT2D eigenvalue weighted by molar-refractivity contribution is 9.10. The zero-order valence-corrected chi connectivity index (χ0v) is 9.61. The molecule has 0 aliphatic carbocycles. The number of benzene rings is 2. The molecular formula is C12H11BrO2. The molecule has 2 rings (SSSR count). The zero-order valence-electron chi connectivity index (χ0n) is 8.02. The minimum absolute atomic E-state index is 0.267. The van der Waals surface area contributed by atoms with Gasteiger partial charge in [0.2, 0.25) is 0 Å². The van der Waals surface area contributed by atoms with Crippen molar-refractivity contribution in [3.8, 4) is 0 Å². The number of hydrogen-bond acceptors (Lipinski definition) is 2. The van der Waals surface area contributed by atoms with E-state index in [0.717, 1.165) is 20.8 Å². The van der Waals surface area contributed by atoms with Crippen LogP contribution >= 0.6 is 15.9 Å². The lowest BCUT2D eigenvalue weighted by Gasteiger charge is -2.11. The summed E-state index contributed by atoms with van der Waals surface area (Å²) < 4.78 is 0.849. The van der Waals surface area contributed by atoms with Gasteiger partial charge in [-0.2, -0.15) is 0 Å². The molecule has 0 saturated heterocycles. The topological polar surface area (TPSA) is 40.5 Å². The second-order valence-corrected chi connectivity index (χ2v) is 4.18. The van der Waals surface area contributed by atoms with E-state index in [-0.39, 0.29) is 6.61 Å². The van der Waals surface area contributed by atoms with E-state index in [4.69, 9.17) is 5.11 Å². The zero-order chi connectivity index (χ0) is 10.8. The highest BCUT2D eigenvalue weighted by Gasteiger charge is 2.11. The molecule has 2 nitrogen and oxygen atoms in total. The third kappa shape index (κ3) is 1.91. The maximum absolute atomic E-state index is 9.59. The smallest absolute Gasteiger partial charge is 0.103 e. The third-order valence-electron chi connectivity index (χ3n) is 2.43. The summed E-state index contributed by atoms with van der Waals surface area (Å²) in [4.78, 5) is 0. The van der Waals surface area contributed by atoms with E-state index < -0.39 is 6.10 Å². The van der Waals surface area contributed by atoms with Gasteiger partial charge in [-0.15, -0.1) is 0 Å². The summed E-state index contributed by atoms with van der Waals surface area (Å²) in [5.74, 6) is 0. The van der Waals surface area contributed by atoms with Crippen molar-refractivity contribution in [1.29, 1.82) is 0 Å². The Morgan fingerprint density at radius 3 is 2.60 bits per heavy atom. The van der Waals surface area contributed by atoms with Gasteiger partial charge < -0.3 is 10.2 Å². The van der Waals surface area contributed by atoms with Crippen molar-refractivity contribution >= 4 is 26.7 Å². The Morgan fingerprint density at radius 2 is 1.87 bits per heavy atom. The van der Waals surface area contributed by atoms with Crippen LogP contribution in [0.3, 0.4) is 0 Å². The van der Waals surface area contributed by atoms with Crippen molar-refractivity contribution in [3.05, 3.63) is 46.4 Å². The second-order valence-electron chi connectivity index (χ2n) is 3.39. The van der Waals surface area contributed by atoms with Gasteiger partial charge in [-0.3, -0.25) is 0 Å². The van der Waals surface area contributed by atoms with Crippen molar-refractivity contribution in [3.63, 3.8) is 0 Å². The van der Waals surface area contributed by atoms with E-state index in [2.05, 4.69) is 15.9 Å². The number of aliphatic hydroxyl groups is 2. The molecule has 3 heteroatoms. The Labute approximate surface area is 96.3 Å². The van der Waals surface area contributed by atoms with Gasteiger partial charge in [0.15, 0.2) is 0 Å². The first-order valence-corrected chi connectivity index (χ1v) is 5.49. The molecule has 2 aromatic carbocycles. The summed E-state index contributed by atoms with van der Waals surface area (Å²) >= 11 is 3.45. The summed E-state index contributed by atoms with van der Waals surface area (Å²) in [6, 6.07) is 11.7. The predicted molar refractivity (Wildman–Crippen MR) is 63.7 cm³/mol. The molecule has 0 radical (unpaired) electrons. The van der Waals surface area contributed by atoms with Gasteiger partial charge in [0.05, 0.1) is 6.61 Å². The van der Waals surface area contributed by atoms with Gasteiger partial charge in [0.25, 0.3) is 0 Å². The van der Waals surface area contributed by atoms with Crippen LogP contribution in [0.1, 0.15) is 11.7 Å². The van der Waals surface area contributed by atoms with Crippen molar-refractivity contribution in [2.75, 3.05) is 6.61 Å². The molecule has 0 spiro atoms. The van der Waals surface area contributed by atoms with E-state index >= 15 is 0 Å². The first-order valence-electron chi connectivity index (χ1n) is 4.70. The van der Waals surface area contributed by atoms with E-state index in [1.807, 2.05) is 36.4 Å². The number of halogens is 1. The van der Waals surface area contributed by atoms with Crippen LogP contribution in [-0.4, -0.2) is 16.8 Å². The van der Waals surface area contributed by atoms with Gasteiger partial charge in [0.1, 0.15) is 6.10 Å². The molecule has 0 saturated carbocycles. The van der Waals surface area contributed by atoms with Crippen molar-refractivity contribution < 1.29 is 10.2 Å². The fraction of sp³-hybridized carbons (Fsp3) is 0.167. The molecule has 15 heavy (non-hydrogen) atoms. The molecule has 0 heterocycles. The molecule has 0 amide bonds. The molecule has 1 atom stereocenters. The van der Waals surface area contributed by atoms with Crippen LogP contribution < -0.4 is 0 Å². The molecule has 0 bridgehead atoms. The molecule has 0 aliphatic heterocycles. The average molecular weight is 267 g/mol. The van der Waals surface area contributed by atoms with Gasteiger partial charge in [0, 0.05) is 4.47 Å². The van der Waals surface area contributed by atoms with Gasteiger partial charge >= 0.3 is 0 Å². The molecule has 2 aromatic rings. The van der Waals surface area contributed by atoms with Crippen LogP contribution in [0, 0.1) is 0 Å². The predicted octanol–water partition coefficient (Wildman–Crippen LogP) is 2.63.